The van der Waals surface area contributed by atoms with Gasteiger partial charge in [-0.15, -0.1) is 0 Å². The highest BCUT2D eigenvalue weighted by atomic mass is 79.9. The smallest absolute Gasteiger partial charge is 0.146 e. The van der Waals surface area contributed by atoms with Gasteiger partial charge in [0, 0.05) is 16.6 Å². The van der Waals surface area contributed by atoms with E-state index in [1.807, 2.05) is 36.4 Å². The van der Waals surface area contributed by atoms with Crippen molar-refractivity contribution in [2.45, 2.75) is 20.4 Å². The van der Waals surface area contributed by atoms with Crippen LogP contribution in [-0.4, -0.2) is 6.54 Å². The molecule has 0 unspecified atom stereocenters. The molecule has 0 saturated carbocycles. The molecule has 1 N–H and O–H groups in total. The van der Waals surface area contributed by atoms with Crippen LogP contribution in [0.3, 0.4) is 0 Å². The average Bonchev–Trinajstić information content (AvgIpc) is 2.43. The number of rotatable bonds is 6. The molecule has 0 bridgehead atoms. The van der Waals surface area contributed by atoms with Crippen LogP contribution in [0.15, 0.2) is 46.9 Å². The highest BCUT2D eigenvalue weighted by Crippen LogP contribution is 2.32. The Morgan fingerprint density at radius 3 is 2.62 bits per heavy atom. The van der Waals surface area contributed by atoms with Crippen LogP contribution in [0.4, 0.5) is 0 Å². The normalized spacial score (nSPS) is 10.9. The van der Waals surface area contributed by atoms with Crippen LogP contribution < -0.4 is 10.1 Å². The molecular formula is C17H19BrClNO. The first-order valence-corrected chi connectivity index (χ1v) is 8.15. The Kier molecular flexibility index (Phi) is 6.09. The highest BCUT2D eigenvalue weighted by Gasteiger charge is 2.08. The van der Waals surface area contributed by atoms with E-state index in [2.05, 4.69) is 41.2 Å². The van der Waals surface area contributed by atoms with E-state index in [1.54, 1.807) is 0 Å². The lowest BCUT2D eigenvalue weighted by atomic mass is 10.2. The molecule has 0 atom stereocenters. The van der Waals surface area contributed by atoms with E-state index in [1.165, 1.54) is 0 Å². The number of para-hydroxylation sites is 1. The van der Waals surface area contributed by atoms with Gasteiger partial charge in [-0.2, -0.15) is 0 Å². The zero-order valence-electron chi connectivity index (χ0n) is 12.2. The zero-order chi connectivity index (χ0) is 15.2. The second kappa shape index (κ2) is 7.83. The minimum Gasteiger partial charge on any atom is -0.455 e. The summed E-state index contributed by atoms with van der Waals surface area (Å²) in [5.41, 5.74) is 1.11. The Balaban J connectivity index is 2.17. The average molecular weight is 369 g/mol. The maximum Gasteiger partial charge on any atom is 0.146 e. The lowest BCUT2D eigenvalue weighted by Gasteiger charge is -2.14. The summed E-state index contributed by atoms with van der Waals surface area (Å²) in [6, 6.07) is 13.5. The van der Waals surface area contributed by atoms with Gasteiger partial charge in [0.05, 0.1) is 5.02 Å². The number of ether oxygens (including phenoxy) is 1. The Hall–Kier alpha value is -1.03. The van der Waals surface area contributed by atoms with Crippen LogP contribution in [0.1, 0.15) is 19.4 Å². The number of benzene rings is 2. The fourth-order valence-electron chi connectivity index (χ4n) is 1.91. The number of hydrogen-bond donors (Lipinski definition) is 1. The van der Waals surface area contributed by atoms with Gasteiger partial charge in [0.15, 0.2) is 0 Å². The Morgan fingerprint density at radius 2 is 1.90 bits per heavy atom. The van der Waals surface area contributed by atoms with Crippen LogP contribution in [0, 0.1) is 5.92 Å². The van der Waals surface area contributed by atoms with E-state index in [9.17, 15) is 0 Å². The SMILES string of the molecule is CC(C)CNCc1ccc(Br)cc1Oc1ccccc1Cl. The highest BCUT2D eigenvalue weighted by molar-refractivity contribution is 9.10. The van der Waals surface area contributed by atoms with E-state index in [-0.39, 0.29) is 0 Å². The molecule has 0 aromatic heterocycles. The molecule has 0 spiro atoms. The van der Waals surface area contributed by atoms with E-state index in [0.717, 1.165) is 28.9 Å². The monoisotopic (exact) mass is 367 g/mol. The zero-order valence-corrected chi connectivity index (χ0v) is 14.5. The lowest BCUT2D eigenvalue weighted by Crippen LogP contribution is -2.19. The fourth-order valence-corrected chi connectivity index (χ4v) is 2.43. The molecule has 4 heteroatoms. The van der Waals surface area contributed by atoms with Crippen LogP contribution in [0.5, 0.6) is 11.5 Å². The van der Waals surface area contributed by atoms with Gasteiger partial charge in [0.2, 0.25) is 0 Å². The summed E-state index contributed by atoms with van der Waals surface area (Å²) in [7, 11) is 0. The van der Waals surface area contributed by atoms with E-state index >= 15 is 0 Å². The Bertz CT molecular complexity index is 601. The van der Waals surface area contributed by atoms with E-state index in [4.69, 9.17) is 16.3 Å². The summed E-state index contributed by atoms with van der Waals surface area (Å²) in [5.74, 6) is 2.10. The topological polar surface area (TPSA) is 21.3 Å². The molecule has 0 aliphatic heterocycles. The first kappa shape index (κ1) is 16.3. The van der Waals surface area contributed by atoms with Gasteiger partial charge in [-0.05, 0) is 36.7 Å². The van der Waals surface area contributed by atoms with Gasteiger partial charge >= 0.3 is 0 Å². The van der Waals surface area contributed by atoms with Crippen molar-refractivity contribution < 1.29 is 4.74 Å². The number of hydrogen-bond acceptors (Lipinski definition) is 2. The van der Waals surface area contributed by atoms with Gasteiger partial charge in [-0.1, -0.05) is 59.6 Å². The third-order valence-electron chi connectivity index (χ3n) is 2.95. The molecule has 112 valence electrons. The molecule has 0 amide bonds. The molecule has 2 aromatic carbocycles. The summed E-state index contributed by atoms with van der Waals surface area (Å²) in [6.45, 7) is 6.12. The lowest BCUT2D eigenvalue weighted by molar-refractivity contribution is 0.469. The molecule has 2 aromatic rings. The van der Waals surface area contributed by atoms with Crippen molar-refractivity contribution in [3.63, 3.8) is 0 Å². The predicted molar refractivity (Wildman–Crippen MR) is 92.2 cm³/mol. The summed E-state index contributed by atoms with van der Waals surface area (Å²) < 4.78 is 6.96. The minimum absolute atomic E-state index is 0.610. The second-order valence-corrected chi connectivity index (χ2v) is 6.63. The third-order valence-corrected chi connectivity index (χ3v) is 3.76. The molecule has 0 fully saturated rings. The number of halogens is 2. The van der Waals surface area contributed by atoms with Crippen LogP contribution in [-0.2, 0) is 6.54 Å². The van der Waals surface area contributed by atoms with Crippen LogP contribution >= 0.6 is 27.5 Å². The minimum atomic E-state index is 0.610. The Labute approximate surface area is 139 Å². The standard InChI is InChI=1S/C17H19BrClNO/c1-12(2)10-20-11-13-7-8-14(18)9-17(13)21-16-6-4-3-5-15(16)19/h3-9,12,20H,10-11H2,1-2H3. The van der Waals surface area contributed by atoms with Crippen LogP contribution in [0.25, 0.3) is 0 Å². The molecule has 0 aliphatic rings. The molecule has 0 heterocycles. The third kappa shape index (κ3) is 5.03. The maximum atomic E-state index is 6.16. The van der Waals surface area contributed by atoms with Gasteiger partial charge in [-0.25, -0.2) is 0 Å². The van der Waals surface area contributed by atoms with Crippen molar-refractivity contribution in [2.24, 2.45) is 5.92 Å². The molecule has 0 aliphatic carbocycles. The van der Waals surface area contributed by atoms with Gasteiger partial charge in [-0.3, -0.25) is 0 Å². The second-order valence-electron chi connectivity index (χ2n) is 5.31. The Morgan fingerprint density at radius 1 is 1.14 bits per heavy atom. The molecule has 2 nitrogen and oxygen atoms in total. The predicted octanol–water partition coefficient (Wildman–Crippen LogP) is 5.64. The summed E-state index contributed by atoms with van der Waals surface area (Å²) in [6.07, 6.45) is 0. The summed E-state index contributed by atoms with van der Waals surface area (Å²) in [5, 5.41) is 4.04. The van der Waals surface area contributed by atoms with Gasteiger partial charge in [0.1, 0.15) is 11.5 Å². The summed E-state index contributed by atoms with van der Waals surface area (Å²) in [4.78, 5) is 0. The van der Waals surface area contributed by atoms with Crippen LogP contribution in [0.2, 0.25) is 5.02 Å². The van der Waals surface area contributed by atoms with Gasteiger partial charge in [0.25, 0.3) is 0 Å². The fraction of sp³-hybridized carbons (Fsp3) is 0.294. The largest absolute Gasteiger partial charge is 0.455 e. The number of nitrogens with one attached hydrogen (secondary N) is 1. The first-order chi connectivity index (χ1) is 10.1. The molecule has 2 rings (SSSR count). The van der Waals surface area contributed by atoms with E-state index in [0.29, 0.717) is 16.7 Å². The van der Waals surface area contributed by atoms with Crippen molar-refractivity contribution in [1.29, 1.82) is 0 Å². The quantitative estimate of drug-likeness (QED) is 0.712. The molecule has 0 saturated heterocycles. The maximum absolute atomic E-state index is 6.16. The van der Waals surface area contributed by atoms with Gasteiger partial charge < -0.3 is 10.1 Å². The molecule has 21 heavy (non-hydrogen) atoms. The molecular weight excluding hydrogens is 350 g/mol. The van der Waals surface area contributed by atoms with E-state index < -0.39 is 0 Å². The van der Waals surface area contributed by atoms with Crippen molar-refractivity contribution >= 4 is 27.5 Å². The van der Waals surface area contributed by atoms with Crippen molar-refractivity contribution in [3.05, 3.63) is 57.5 Å². The van der Waals surface area contributed by atoms with Crippen molar-refractivity contribution in [3.8, 4) is 11.5 Å². The van der Waals surface area contributed by atoms with Crippen molar-refractivity contribution in [2.75, 3.05) is 6.54 Å². The van der Waals surface area contributed by atoms with Crippen molar-refractivity contribution in [1.82, 2.24) is 5.32 Å². The first-order valence-electron chi connectivity index (χ1n) is 6.98. The summed E-state index contributed by atoms with van der Waals surface area (Å²) >= 11 is 9.65. The molecule has 0 radical (unpaired) electrons.